The highest BCUT2D eigenvalue weighted by Crippen LogP contribution is 2.29. The maximum atomic E-state index is 13.5. The van der Waals surface area contributed by atoms with E-state index in [1.807, 2.05) is 61.5 Å². The van der Waals surface area contributed by atoms with Gasteiger partial charge in [-0.05, 0) is 24.1 Å². The molecule has 4 aromatic rings. The molecule has 0 atom stereocenters. The van der Waals surface area contributed by atoms with Crippen LogP contribution in [0.25, 0.3) is 27.9 Å². The summed E-state index contributed by atoms with van der Waals surface area (Å²) >= 11 is 6.36. The molecule has 150 valence electrons. The molecule has 0 unspecified atom stereocenters. The molecule has 30 heavy (non-hydrogen) atoms. The standard InChI is InChI=1S/C24H19ClN2O3/c1-15-8-10-17(11-9-15)20-12-19(25)13-27-23(20)26-21(14-30-16(2)28)22(24(27)29)18-6-4-3-5-7-18/h3-13H,14H2,1-2H3. The lowest BCUT2D eigenvalue weighted by Gasteiger charge is -2.14. The summed E-state index contributed by atoms with van der Waals surface area (Å²) in [4.78, 5) is 29.7. The molecule has 0 radical (unpaired) electrons. The lowest BCUT2D eigenvalue weighted by Crippen LogP contribution is -2.21. The van der Waals surface area contributed by atoms with Crippen molar-refractivity contribution < 1.29 is 9.53 Å². The molecule has 2 aromatic carbocycles. The van der Waals surface area contributed by atoms with Gasteiger partial charge in [0.25, 0.3) is 5.56 Å². The molecule has 4 rings (SSSR count). The van der Waals surface area contributed by atoms with E-state index in [4.69, 9.17) is 21.3 Å². The number of carbonyl (C=O) groups excluding carboxylic acids is 1. The molecule has 0 saturated carbocycles. The zero-order chi connectivity index (χ0) is 21.3. The van der Waals surface area contributed by atoms with Gasteiger partial charge in [-0.1, -0.05) is 71.8 Å². The number of carbonyl (C=O) groups is 1. The summed E-state index contributed by atoms with van der Waals surface area (Å²) in [7, 11) is 0. The summed E-state index contributed by atoms with van der Waals surface area (Å²) in [5.41, 5.74) is 4.39. The average molecular weight is 419 g/mol. The van der Waals surface area contributed by atoms with Crippen molar-refractivity contribution in [2.24, 2.45) is 0 Å². The van der Waals surface area contributed by atoms with E-state index >= 15 is 0 Å². The van der Waals surface area contributed by atoms with Gasteiger partial charge >= 0.3 is 5.97 Å². The Balaban J connectivity index is 2.04. The van der Waals surface area contributed by atoms with E-state index in [2.05, 4.69) is 0 Å². The number of hydrogen-bond donors (Lipinski definition) is 0. The molecule has 5 nitrogen and oxygen atoms in total. The van der Waals surface area contributed by atoms with Gasteiger partial charge in [0.1, 0.15) is 12.3 Å². The highest BCUT2D eigenvalue weighted by molar-refractivity contribution is 6.30. The predicted molar refractivity (Wildman–Crippen MR) is 118 cm³/mol. The zero-order valence-electron chi connectivity index (χ0n) is 16.6. The van der Waals surface area contributed by atoms with Crippen molar-refractivity contribution in [3.05, 3.63) is 93.5 Å². The maximum Gasteiger partial charge on any atom is 0.303 e. The fraction of sp³-hybridized carbons (Fsp3) is 0.125. The molecular weight excluding hydrogens is 400 g/mol. The fourth-order valence-corrected chi connectivity index (χ4v) is 3.57. The molecular formula is C24H19ClN2O3. The number of aromatic nitrogens is 2. The zero-order valence-corrected chi connectivity index (χ0v) is 17.3. The van der Waals surface area contributed by atoms with Crippen molar-refractivity contribution in [2.75, 3.05) is 0 Å². The molecule has 0 amide bonds. The summed E-state index contributed by atoms with van der Waals surface area (Å²) in [6, 6.07) is 18.9. The number of fused-ring (bicyclic) bond motifs is 1. The van der Waals surface area contributed by atoms with Crippen LogP contribution in [-0.4, -0.2) is 15.4 Å². The summed E-state index contributed by atoms with van der Waals surface area (Å²) in [6.07, 6.45) is 1.56. The van der Waals surface area contributed by atoms with Gasteiger partial charge in [0.2, 0.25) is 0 Å². The second-order valence-corrected chi connectivity index (χ2v) is 7.45. The number of rotatable bonds is 4. The van der Waals surface area contributed by atoms with Crippen LogP contribution in [0.15, 0.2) is 71.7 Å². The Morgan fingerprint density at radius 1 is 1.07 bits per heavy atom. The van der Waals surface area contributed by atoms with Crippen molar-refractivity contribution in [3.8, 4) is 22.3 Å². The van der Waals surface area contributed by atoms with E-state index in [9.17, 15) is 9.59 Å². The van der Waals surface area contributed by atoms with Gasteiger partial charge in [-0.25, -0.2) is 4.98 Å². The van der Waals surface area contributed by atoms with E-state index in [1.165, 1.54) is 11.3 Å². The first-order valence-corrected chi connectivity index (χ1v) is 9.82. The SMILES string of the molecule is CC(=O)OCc1nc2c(-c3ccc(C)cc3)cc(Cl)cn2c(=O)c1-c1ccccc1. The van der Waals surface area contributed by atoms with Gasteiger partial charge in [-0.3, -0.25) is 14.0 Å². The van der Waals surface area contributed by atoms with E-state index in [0.29, 0.717) is 27.5 Å². The molecule has 0 N–H and O–H groups in total. The molecule has 0 fully saturated rings. The van der Waals surface area contributed by atoms with Crippen molar-refractivity contribution >= 4 is 23.2 Å². The van der Waals surface area contributed by atoms with Crippen LogP contribution >= 0.6 is 11.6 Å². The van der Waals surface area contributed by atoms with Gasteiger partial charge < -0.3 is 4.74 Å². The van der Waals surface area contributed by atoms with Crippen LogP contribution in [0.5, 0.6) is 0 Å². The molecule has 0 aliphatic heterocycles. The fourth-order valence-electron chi connectivity index (χ4n) is 3.37. The first-order valence-electron chi connectivity index (χ1n) is 9.44. The first-order chi connectivity index (χ1) is 14.4. The van der Waals surface area contributed by atoms with Gasteiger partial charge in [-0.2, -0.15) is 0 Å². The highest BCUT2D eigenvalue weighted by Gasteiger charge is 2.18. The quantitative estimate of drug-likeness (QED) is 0.435. The minimum Gasteiger partial charge on any atom is -0.459 e. The number of benzene rings is 2. The number of nitrogens with zero attached hydrogens (tertiary/aromatic N) is 2. The summed E-state index contributed by atoms with van der Waals surface area (Å²) in [5.74, 6) is -0.439. The minimum absolute atomic E-state index is 0.0960. The Bertz CT molecular complexity index is 1300. The third-order valence-corrected chi connectivity index (χ3v) is 5.01. The van der Waals surface area contributed by atoms with Crippen LogP contribution < -0.4 is 5.56 Å². The molecule has 0 aliphatic carbocycles. The molecule has 0 bridgehead atoms. The van der Waals surface area contributed by atoms with Crippen LogP contribution in [0.2, 0.25) is 5.02 Å². The molecule has 6 heteroatoms. The van der Waals surface area contributed by atoms with E-state index in [-0.39, 0.29) is 12.2 Å². The Morgan fingerprint density at radius 2 is 1.77 bits per heavy atom. The largest absolute Gasteiger partial charge is 0.459 e. The second kappa shape index (κ2) is 8.13. The summed E-state index contributed by atoms with van der Waals surface area (Å²) in [5, 5.41) is 0.425. The van der Waals surface area contributed by atoms with E-state index < -0.39 is 5.97 Å². The van der Waals surface area contributed by atoms with Crippen LogP contribution in [-0.2, 0) is 16.1 Å². The average Bonchev–Trinajstić information content (AvgIpc) is 2.73. The van der Waals surface area contributed by atoms with Crippen molar-refractivity contribution in [1.29, 1.82) is 0 Å². The van der Waals surface area contributed by atoms with E-state index in [0.717, 1.165) is 16.7 Å². The topological polar surface area (TPSA) is 60.7 Å². The normalized spacial score (nSPS) is 10.9. The third kappa shape index (κ3) is 3.84. The Morgan fingerprint density at radius 3 is 2.43 bits per heavy atom. The van der Waals surface area contributed by atoms with Crippen molar-refractivity contribution in [2.45, 2.75) is 20.5 Å². The third-order valence-electron chi connectivity index (χ3n) is 4.80. The minimum atomic E-state index is -0.439. The van der Waals surface area contributed by atoms with Gasteiger partial charge in [0.05, 0.1) is 16.3 Å². The first kappa shape index (κ1) is 19.9. The summed E-state index contributed by atoms with van der Waals surface area (Å²) < 4.78 is 6.66. The molecule has 2 heterocycles. The van der Waals surface area contributed by atoms with Crippen LogP contribution in [0.3, 0.4) is 0 Å². The smallest absolute Gasteiger partial charge is 0.303 e. The monoisotopic (exact) mass is 418 g/mol. The van der Waals surface area contributed by atoms with Crippen LogP contribution in [0.1, 0.15) is 18.2 Å². The van der Waals surface area contributed by atoms with Crippen LogP contribution in [0, 0.1) is 6.92 Å². The number of halogens is 1. The van der Waals surface area contributed by atoms with Crippen molar-refractivity contribution in [1.82, 2.24) is 9.38 Å². The molecule has 0 aliphatic rings. The summed E-state index contributed by atoms with van der Waals surface area (Å²) in [6.45, 7) is 3.24. The molecule has 0 spiro atoms. The Kier molecular flexibility index (Phi) is 5.38. The van der Waals surface area contributed by atoms with E-state index in [1.54, 1.807) is 12.3 Å². The number of hydrogen-bond acceptors (Lipinski definition) is 4. The molecule has 0 saturated heterocycles. The number of esters is 1. The number of pyridine rings is 1. The lowest BCUT2D eigenvalue weighted by atomic mass is 10.0. The van der Waals surface area contributed by atoms with Crippen LogP contribution in [0.4, 0.5) is 0 Å². The van der Waals surface area contributed by atoms with Crippen molar-refractivity contribution in [3.63, 3.8) is 0 Å². The lowest BCUT2D eigenvalue weighted by molar-refractivity contribution is -0.142. The molecule has 2 aromatic heterocycles. The van der Waals surface area contributed by atoms with Gasteiger partial charge in [-0.15, -0.1) is 0 Å². The second-order valence-electron chi connectivity index (χ2n) is 7.02. The number of aryl methyl sites for hydroxylation is 1. The Hall–Kier alpha value is -3.44. The number of ether oxygens (including phenoxy) is 1. The predicted octanol–water partition coefficient (Wildman–Crippen LogP) is 5.05. The maximum absolute atomic E-state index is 13.5. The van der Waals surface area contributed by atoms with Gasteiger partial charge in [0.15, 0.2) is 0 Å². The van der Waals surface area contributed by atoms with Gasteiger partial charge in [0, 0.05) is 18.7 Å². The highest BCUT2D eigenvalue weighted by atomic mass is 35.5. The Labute approximate surface area is 178 Å².